The second-order valence-electron chi connectivity index (χ2n) is 7.89. The third-order valence-electron chi connectivity index (χ3n) is 5.50. The number of nitrogens with zero attached hydrogens (tertiary/aromatic N) is 1. The lowest BCUT2D eigenvalue weighted by atomic mass is 9.89. The summed E-state index contributed by atoms with van der Waals surface area (Å²) in [7, 11) is 0. The molecule has 1 N–H and O–H groups in total. The van der Waals surface area contributed by atoms with E-state index in [1.807, 2.05) is 24.3 Å². The van der Waals surface area contributed by atoms with Crippen molar-refractivity contribution in [1.82, 2.24) is 4.90 Å². The van der Waals surface area contributed by atoms with Crippen LogP contribution in [0.4, 0.5) is 0 Å². The molecule has 158 valence electrons. The molecule has 4 nitrogen and oxygen atoms in total. The van der Waals surface area contributed by atoms with Gasteiger partial charge in [-0.15, -0.1) is 13.2 Å². The summed E-state index contributed by atoms with van der Waals surface area (Å²) in [5.74, 6) is 1.52. The van der Waals surface area contributed by atoms with Crippen molar-refractivity contribution >= 4 is 11.3 Å². The molecule has 3 heterocycles. The van der Waals surface area contributed by atoms with Gasteiger partial charge in [-0.05, 0) is 73.0 Å². The smallest absolute Gasteiger partial charge is 0.135 e. The fraction of sp³-hybridized carbons (Fsp3) is 0.500. The van der Waals surface area contributed by atoms with Crippen LogP contribution >= 0.6 is 11.3 Å². The summed E-state index contributed by atoms with van der Waals surface area (Å²) < 4.78 is 12.0. The Morgan fingerprint density at radius 3 is 2.59 bits per heavy atom. The van der Waals surface area contributed by atoms with Gasteiger partial charge in [-0.1, -0.05) is 12.2 Å². The van der Waals surface area contributed by atoms with Gasteiger partial charge in [0.25, 0.3) is 0 Å². The van der Waals surface area contributed by atoms with E-state index in [-0.39, 0.29) is 0 Å². The van der Waals surface area contributed by atoms with Crippen LogP contribution in [0.25, 0.3) is 0 Å². The standard InChI is InChI=1S/C24H33NO3S/c1-3-5-12-24(26,13-6-4-2)23-10-9-22(28-23)18-25(16-20-11-15-29-19-20)17-21-8-7-14-27-21/h3-4,9-11,15,19,21,26H,1-2,5-8,12-14,16-18H2/t21-/m1/s1. The van der Waals surface area contributed by atoms with Gasteiger partial charge in [-0.2, -0.15) is 11.3 Å². The van der Waals surface area contributed by atoms with E-state index in [1.54, 1.807) is 11.3 Å². The number of ether oxygens (including phenoxy) is 1. The van der Waals surface area contributed by atoms with Crippen molar-refractivity contribution in [3.63, 3.8) is 0 Å². The van der Waals surface area contributed by atoms with Gasteiger partial charge in [-0.25, -0.2) is 0 Å². The zero-order valence-corrected chi connectivity index (χ0v) is 18.0. The van der Waals surface area contributed by atoms with Crippen molar-refractivity contribution in [3.05, 3.63) is 71.4 Å². The second kappa shape index (κ2) is 10.9. The van der Waals surface area contributed by atoms with E-state index in [2.05, 4.69) is 34.9 Å². The van der Waals surface area contributed by atoms with Crippen LogP contribution in [0.15, 0.2) is 58.7 Å². The zero-order chi connectivity index (χ0) is 20.5. The fourth-order valence-electron chi connectivity index (χ4n) is 3.89. The Labute approximate surface area is 178 Å². The third kappa shape index (κ3) is 6.41. The average Bonchev–Trinajstić information content (AvgIpc) is 3.48. The zero-order valence-electron chi connectivity index (χ0n) is 17.2. The molecular weight excluding hydrogens is 382 g/mol. The molecular formula is C24H33NO3S. The molecule has 0 bridgehead atoms. The molecule has 0 spiro atoms. The van der Waals surface area contributed by atoms with Crippen LogP contribution in [0.2, 0.25) is 0 Å². The normalized spacial score (nSPS) is 17.1. The first-order valence-electron chi connectivity index (χ1n) is 10.5. The van der Waals surface area contributed by atoms with Crippen LogP contribution in [0.3, 0.4) is 0 Å². The summed E-state index contributed by atoms with van der Waals surface area (Å²) in [5.41, 5.74) is 0.334. The molecule has 0 saturated carbocycles. The second-order valence-corrected chi connectivity index (χ2v) is 8.67. The number of rotatable bonds is 13. The molecule has 0 aromatic carbocycles. The van der Waals surface area contributed by atoms with Crippen LogP contribution in [0.1, 0.15) is 55.6 Å². The monoisotopic (exact) mass is 415 g/mol. The van der Waals surface area contributed by atoms with Crippen LogP contribution in [-0.2, 0) is 23.4 Å². The number of aliphatic hydroxyl groups is 1. The predicted molar refractivity (Wildman–Crippen MR) is 119 cm³/mol. The molecule has 3 rings (SSSR count). The van der Waals surface area contributed by atoms with Gasteiger partial charge in [0.05, 0.1) is 12.6 Å². The minimum atomic E-state index is -0.979. The van der Waals surface area contributed by atoms with E-state index in [4.69, 9.17) is 9.15 Å². The van der Waals surface area contributed by atoms with Crippen molar-refractivity contribution in [2.75, 3.05) is 13.2 Å². The highest BCUT2D eigenvalue weighted by atomic mass is 32.1. The summed E-state index contributed by atoms with van der Waals surface area (Å²) in [4.78, 5) is 2.38. The van der Waals surface area contributed by atoms with E-state index in [9.17, 15) is 5.11 Å². The highest BCUT2D eigenvalue weighted by molar-refractivity contribution is 7.07. The van der Waals surface area contributed by atoms with E-state index in [0.717, 1.165) is 51.1 Å². The highest BCUT2D eigenvalue weighted by Crippen LogP contribution is 2.33. The number of thiophene rings is 1. The molecule has 1 atom stereocenters. The Kier molecular flexibility index (Phi) is 8.30. The van der Waals surface area contributed by atoms with Gasteiger partial charge in [0, 0.05) is 19.7 Å². The van der Waals surface area contributed by atoms with E-state index in [0.29, 0.717) is 31.3 Å². The van der Waals surface area contributed by atoms with E-state index >= 15 is 0 Å². The maximum Gasteiger partial charge on any atom is 0.135 e. The van der Waals surface area contributed by atoms with Crippen LogP contribution in [-0.4, -0.2) is 29.3 Å². The molecule has 1 fully saturated rings. The Morgan fingerprint density at radius 1 is 1.17 bits per heavy atom. The molecule has 1 aliphatic heterocycles. The number of allylic oxidation sites excluding steroid dienone is 2. The van der Waals surface area contributed by atoms with E-state index in [1.165, 1.54) is 5.56 Å². The lowest BCUT2D eigenvalue weighted by Gasteiger charge is -2.26. The molecule has 0 amide bonds. The summed E-state index contributed by atoms with van der Waals surface area (Å²) >= 11 is 1.72. The van der Waals surface area contributed by atoms with Crippen molar-refractivity contribution in [2.24, 2.45) is 0 Å². The lowest BCUT2D eigenvalue weighted by molar-refractivity contribution is -0.00261. The summed E-state index contributed by atoms with van der Waals surface area (Å²) in [6.45, 7) is 10.9. The summed E-state index contributed by atoms with van der Waals surface area (Å²) in [6.07, 6.45) is 8.92. The van der Waals surface area contributed by atoms with Gasteiger partial charge >= 0.3 is 0 Å². The quantitative estimate of drug-likeness (QED) is 0.430. The first-order chi connectivity index (χ1) is 14.1. The minimum Gasteiger partial charge on any atom is -0.462 e. The maximum atomic E-state index is 11.2. The Balaban J connectivity index is 1.70. The third-order valence-corrected chi connectivity index (χ3v) is 6.23. The van der Waals surface area contributed by atoms with Gasteiger partial charge in [0.2, 0.25) is 0 Å². The van der Waals surface area contributed by atoms with Crippen molar-refractivity contribution in [1.29, 1.82) is 0 Å². The molecule has 1 saturated heterocycles. The lowest BCUT2D eigenvalue weighted by Crippen LogP contribution is -2.31. The van der Waals surface area contributed by atoms with Crippen molar-refractivity contribution in [3.8, 4) is 0 Å². The highest BCUT2D eigenvalue weighted by Gasteiger charge is 2.31. The molecule has 5 heteroatoms. The van der Waals surface area contributed by atoms with Crippen LogP contribution in [0.5, 0.6) is 0 Å². The molecule has 0 aliphatic carbocycles. The van der Waals surface area contributed by atoms with Gasteiger partial charge < -0.3 is 14.3 Å². The first-order valence-corrected chi connectivity index (χ1v) is 11.5. The Hall–Kier alpha value is -1.66. The minimum absolute atomic E-state index is 0.292. The Bertz CT molecular complexity index is 734. The molecule has 2 aromatic heterocycles. The number of hydrogen-bond acceptors (Lipinski definition) is 5. The number of furan rings is 1. The van der Waals surface area contributed by atoms with Gasteiger partial charge in [0.1, 0.15) is 17.1 Å². The number of hydrogen-bond donors (Lipinski definition) is 1. The molecule has 0 radical (unpaired) electrons. The van der Waals surface area contributed by atoms with E-state index < -0.39 is 5.60 Å². The largest absolute Gasteiger partial charge is 0.462 e. The van der Waals surface area contributed by atoms with Gasteiger partial charge in [-0.3, -0.25) is 4.90 Å². The molecule has 2 aromatic rings. The molecule has 29 heavy (non-hydrogen) atoms. The SMILES string of the molecule is C=CCCC(O)(CCC=C)c1ccc(CN(Cc2ccsc2)C[C@H]2CCCO2)o1. The van der Waals surface area contributed by atoms with Crippen LogP contribution in [0, 0.1) is 0 Å². The molecule has 1 aliphatic rings. The average molecular weight is 416 g/mol. The maximum absolute atomic E-state index is 11.2. The fourth-order valence-corrected chi connectivity index (χ4v) is 4.55. The summed E-state index contributed by atoms with van der Waals surface area (Å²) in [5, 5.41) is 15.5. The summed E-state index contributed by atoms with van der Waals surface area (Å²) in [6, 6.07) is 6.10. The van der Waals surface area contributed by atoms with Crippen molar-refractivity contribution < 1.29 is 14.3 Å². The van der Waals surface area contributed by atoms with Crippen LogP contribution < -0.4 is 0 Å². The van der Waals surface area contributed by atoms with Gasteiger partial charge in [0.15, 0.2) is 0 Å². The first kappa shape index (κ1) is 22.0. The Morgan fingerprint density at radius 2 is 1.97 bits per heavy atom. The molecule has 0 unspecified atom stereocenters. The van der Waals surface area contributed by atoms with Crippen molar-refractivity contribution in [2.45, 2.75) is 63.3 Å². The predicted octanol–water partition coefficient (Wildman–Crippen LogP) is 5.64. The topological polar surface area (TPSA) is 45.8 Å².